The molecule has 2 aliphatic rings. The predicted octanol–water partition coefficient (Wildman–Crippen LogP) is 5.76. The van der Waals surface area contributed by atoms with E-state index in [0.29, 0.717) is 15.8 Å². The first-order valence-electron chi connectivity index (χ1n) is 11.9. The Hall–Kier alpha value is -1.86. The Morgan fingerprint density at radius 1 is 1.03 bits per heavy atom. The SMILES string of the molecule is CC(C)c1cc2c(CN3CCC(N(C4CC4)S(=O)(=O)c4ccc(Cl)cc4)CC3)cccc2[nH]1. The molecule has 0 bridgehead atoms. The highest BCUT2D eigenvalue weighted by atomic mass is 35.5. The monoisotopic (exact) mass is 485 g/mol. The minimum atomic E-state index is -3.51. The molecule has 0 unspecified atom stereocenters. The van der Waals surface area contributed by atoms with Crippen LogP contribution in [0.15, 0.2) is 53.4 Å². The molecule has 0 amide bonds. The number of nitrogens with one attached hydrogen (secondary N) is 1. The second-order valence-corrected chi connectivity index (χ2v) is 12.1. The molecule has 1 aliphatic carbocycles. The van der Waals surface area contributed by atoms with Gasteiger partial charge < -0.3 is 4.98 Å². The summed E-state index contributed by atoms with van der Waals surface area (Å²) in [7, 11) is -3.51. The summed E-state index contributed by atoms with van der Waals surface area (Å²) >= 11 is 5.98. The standard InChI is InChI=1S/C26H32ClN3O2S/c1-18(2)26-16-24-19(4-3-5-25(24)28-26)17-29-14-12-22(13-15-29)30(21-8-9-21)33(31,32)23-10-6-20(27)7-11-23/h3-7,10-11,16,18,21-22,28H,8-9,12-15,17H2,1-2H3. The lowest BCUT2D eigenvalue weighted by molar-refractivity contribution is 0.150. The maximum absolute atomic E-state index is 13.5. The average molecular weight is 486 g/mol. The van der Waals surface area contributed by atoms with Gasteiger partial charge in [-0.2, -0.15) is 4.31 Å². The van der Waals surface area contributed by atoms with E-state index in [2.05, 4.69) is 48.0 Å². The zero-order chi connectivity index (χ0) is 23.2. The summed E-state index contributed by atoms with van der Waals surface area (Å²) in [6.45, 7) is 7.12. The Kier molecular flexibility index (Phi) is 6.29. The molecule has 2 heterocycles. The Balaban J connectivity index is 1.29. The molecule has 1 N–H and O–H groups in total. The zero-order valence-corrected chi connectivity index (χ0v) is 20.9. The first kappa shape index (κ1) is 22.9. The number of benzene rings is 2. The van der Waals surface area contributed by atoms with Gasteiger partial charge in [0.2, 0.25) is 10.0 Å². The smallest absolute Gasteiger partial charge is 0.243 e. The van der Waals surface area contributed by atoms with Gasteiger partial charge in [0.05, 0.1) is 4.90 Å². The van der Waals surface area contributed by atoms with Crippen molar-refractivity contribution in [1.29, 1.82) is 0 Å². The first-order chi connectivity index (χ1) is 15.8. The van der Waals surface area contributed by atoms with Gasteiger partial charge in [0, 0.05) is 53.3 Å². The van der Waals surface area contributed by atoms with Gasteiger partial charge in [-0.3, -0.25) is 4.90 Å². The van der Waals surface area contributed by atoms with E-state index in [0.717, 1.165) is 45.3 Å². The Morgan fingerprint density at radius 3 is 2.33 bits per heavy atom. The van der Waals surface area contributed by atoms with Crippen LogP contribution in [0.3, 0.4) is 0 Å². The summed E-state index contributed by atoms with van der Waals surface area (Å²) in [5, 5.41) is 1.85. The van der Waals surface area contributed by atoms with E-state index in [1.165, 1.54) is 22.2 Å². The van der Waals surface area contributed by atoms with Crippen LogP contribution in [0.1, 0.15) is 56.7 Å². The molecule has 7 heteroatoms. The summed E-state index contributed by atoms with van der Waals surface area (Å²) < 4.78 is 28.7. The highest BCUT2D eigenvalue weighted by molar-refractivity contribution is 7.89. The third-order valence-corrected chi connectivity index (χ3v) is 9.28. The number of halogens is 1. The summed E-state index contributed by atoms with van der Waals surface area (Å²) in [6.07, 6.45) is 3.65. The van der Waals surface area contributed by atoms with Crippen molar-refractivity contribution in [2.24, 2.45) is 0 Å². The number of hydrogen-bond acceptors (Lipinski definition) is 3. The molecule has 176 valence electrons. The highest BCUT2D eigenvalue weighted by Gasteiger charge is 2.43. The third kappa shape index (κ3) is 4.72. The number of sulfonamides is 1. The van der Waals surface area contributed by atoms with Crippen molar-refractivity contribution in [2.75, 3.05) is 13.1 Å². The Morgan fingerprint density at radius 2 is 1.70 bits per heavy atom. The number of rotatable bonds is 7. The van der Waals surface area contributed by atoms with Crippen LogP contribution in [0.2, 0.25) is 5.02 Å². The van der Waals surface area contributed by atoms with E-state index in [9.17, 15) is 8.42 Å². The minimum Gasteiger partial charge on any atom is -0.358 e. The van der Waals surface area contributed by atoms with E-state index in [1.54, 1.807) is 24.3 Å². The molecule has 2 fully saturated rings. The van der Waals surface area contributed by atoms with Crippen LogP contribution in [-0.4, -0.2) is 47.8 Å². The molecule has 0 radical (unpaired) electrons. The van der Waals surface area contributed by atoms with Crippen molar-refractivity contribution in [3.8, 4) is 0 Å². The van der Waals surface area contributed by atoms with Crippen LogP contribution < -0.4 is 0 Å². The van der Waals surface area contributed by atoms with Gasteiger partial charge in [-0.05, 0) is 73.6 Å². The molecule has 3 aromatic rings. The average Bonchev–Trinajstić information content (AvgIpc) is 3.51. The van der Waals surface area contributed by atoms with Crippen molar-refractivity contribution < 1.29 is 8.42 Å². The lowest BCUT2D eigenvalue weighted by atomic mass is 10.0. The number of hydrogen-bond donors (Lipinski definition) is 1. The summed E-state index contributed by atoms with van der Waals surface area (Å²) in [5.41, 5.74) is 3.80. The maximum Gasteiger partial charge on any atom is 0.243 e. The summed E-state index contributed by atoms with van der Waals surface area (Å²) in [4.78, 5) is 6.36. The van der Waals surface area contributed by atoms with Gasteiger partial charge in [0.25, 0.3) is 0 Å². The van der Waals surface area contributed by atoms with Gasteiger partial charge in [0.1, 0.15) is 0 Å². The maximum atomic E-state index is 13.5. The van der Waals surface area contributed by atoms with Gasteiger partial charge >= 0.3 is 0 Å². The predicted molar refractivity (Wildman–Crippen MR) is 134 cm³/mol. The fourth-order valence-corrected chi connectivity index (χ4v) is 7.07. The van der Waals surface area contributed by atoms with Crippen LogP contribution in [0, 0.1) is 0 Å². The molecule has 2 aromatic carbocycles. The van der Waals surface area contributed by atoms with Crippen molar-refractivity contribution in [2.45, 2.75) is 69.0 Å². The lowest BCUT2D eigenvalue weighted by Crippen LogP contribution is -2.48. The van der Waals surface area contributed by atoms with Crippen LogP contribution >= 0.6 is 11.6 Å². The van der Waals surface area contributed by atoms with Crippen LogP contribution in [-0.2, 0) is 16.6 Å². The summed E-state index contributed by atoms with van der Waals surface area (Å²) in [5.74, 6) is 0.469. The summed E-state index contributed by atoms with van der Waals surface area (Å²) in [6, 6.07) is 15.6. The topological polar surface area (TPSA) is 56.4 Å². The molecular formula is C26H32ClN3O2S. The Labute approximate surface area is 201 Å². The van der Waals surface area contributed by atoms with Gasteiger partial charge in [-0.25, -0.2) is 8.42 Å². The largest absolute Gasteiger partial charge is 0.358 e. The number of fused-ring (bicyclic) bond motifs is 1. The molecule has 0 spiro atoms. The quantitative estimate of drug-likeness (QED) is 0.462. The minimum absolute atomic E-state index is 0.0602. The first-order valence-corrected chi connectivity index (χ1v) is 13.8. The number of nitrogens with zero attached hydrogens (tertiary/aromatic N) is 2. The number of aromatic nitrogens is 1. The Bertz CT molecular complexity index is 1220. The van der Waals surface area contributed by atoms with Crippen molar-refractivity contribution in [3.05, 3.63) is 64.8 Å². The third-order valence-electron chi connectivity index (χ3n) is 7.00. The molecule has 0 atom stereocenters. The molecule has 1 aliphatic heterocycles. The van der Waals surface area contributed by atoms with E-state index in [4.69, 9.17) is 11.6 Å². The van der Waals surface area contributed by atoms with E-state index < -0.39 is 10.0 Å². The molecule has 5 rings (SSSR count). The highest BCUT2D eigenvalue weighted by Crippen LogP contribution is 2.37. The van der Waals surface area contributed by atoms with Gasteiger partial charge in [-0.15, -0.1) is 0 Å². The lowest BCUT2D eigenvalue weighted by Gasteiger charge is -2.38. The molecule has 33 heavy (non-hydrogen) atoms. The van der Waals surface area contributed by atoms with Crippen molar-refractivity contribution in [1.82, 2.24) is 14.2 Å². The van der Waals surface area contributed by atoms with E-state index in [-0.39, 0.29) is 12.1 Å². The number of aromatic amines is 1. The fourth-order valence-electron chi connectivity index (χ4n) is 5.01. The van der Waals surface area contributed by atoms with Gasteiger partial charge in [0.15, 0.2) is 0 Å². The zero-order valence-electron chi connectivity index (χ0n) is 19.3. The van der Waals surface area contributed by atoms with Crippen molar-refractivity contribution in [3.63, 3.8) is 0 Å². The molecular weight excluding hydrogens is 454 g/mol. The molecule has 5 nitrogen and oxygen atoms in total. The fraction of sp³-hybridized carbons (Fsp3) is 0.462. The van der Waals surface area contributed by atoms with Crippen molar-refractivity contribution >= 4 is 32.5 Å². The normalized spacial score (nSPS) is 18.6. The second-order valence-electron chi connectivity index (χ2n) is 9.79. The van der Waals surface area contributed by atoms with Crippen LogP contribution in [0.25, 0.3) is 10.9 Å². The van der Waals surface area contributed by atoms with Crippen LogP contribution in [0.4, 0.5) is 0 Å². The second kappa shape index (κ2) is 9.06. The molecule has 1 saturated carbocycles. The molecule has 1 aromatic heterocycles. The van der Waals surface area contributed by atoms with E-state index in [1.807, 2.05) is 4.31 Å². The number of likely N-dealkylation sites (tertiary alicyclic amines) is 1. The number of piperidine rings is 1. The number of H-pyrrole nitrogens is 1. The van der Waals surface area contributed by atoms with Crippen LogP contribution in [0.5, 0.6) is 0 Å². The molecule has 1 saturated heterocycles. The van der Waals surface area contributed by atoms with E-state index >= 15 is 0 Å². The van der Waals surface area contributed by atoms with Gasteiger partial charge in [-0.1, -0.05) is 37.6 Å².